The molecule has 0 amide bonds. The molecule has 5 heteroatoms. The first-order valence-corrected chi connectivity index (χ1v) is 12.0. The fourth-order valence-corrected chi connectivity index (χ4v) is 5.56. The highest BCUT2D eigenvalue weighted by atomic mass is 16.5. The summed E-state index contributed by atoms with van der Waals surface area (Å²) < 4.78 is 5.67. The SMILES string of the molecule is COC1C=C2NCCN(Cc3ccc4ncccc4c3)CCCC3=CC4CC4N3C2=CC1. The topological polar surface area (TPSA) is 40.6 Å². The molecule has 1 saturated heterocycles. The van der Waals surface area contributed by atoms with Crippen molar-refractivity contribution in [3.8, 4) is 0 Å². The minimum Gasteiger partial charge on any atom is -0.382 e. The summed E-state index contributed by atoms with van der Waals surface area (Å²) in [4.78, 5) is 9.70. The average molecular weight is 429 g/mol. The fraction of sp³-hybridized carbons (Fsp3) is 0.444. The molecule has 3 heterocycles. The lowest BCUT2D eigenvalue weighted by Gasteiger charge is -2.32. The maximum absolute atomic E-state index is 5.67. The van der Waals surface area contributed by atoms with Crippen molar-refractivity contribution < 1.29 is 4.74 Å². The van der Waals surface area contributed by atoms with Crippen LogP contribution < -0.4 is 5.32 Å². The van der Waals surface area contributed by atoms with E-state index in [1.165, 1.54) is 40.9 Å². The molecule has 5 nitrogen and oxygen atoms in total. The highest BCUT2D eigenvalue weighted by Gasteiger charge is 2.48. The molecule has 3 unspecified atom stereocenters. The zero-order valence-electron chi connectivity index (χ0n) is 18.8. The molecule has 166 valence electrons. The molecule has 2 fully saturated rings. The second kappa shape index (κ2) is 8.38. The second-order valence-corrected chi connectivity index (χ2v) is 9.51. The predicted molar refractivity (Wildman–Crippen MR) is 128 cm³/mol. The summed E-state index contributed by atoms with van der Waals surface area (Å²) in [7, 11) is 1.81. The van der Waals surface area contributed by atoms with Crippen LogP contribution in [-0.4, -0.2) is 53.7 Å². The molecule has 6 rings (SSSR count). The number of ether oxygens (including phenoxy) is 1. The molecule has 0 spiro atoms. The van der Waals surface area contributed by atoms with Gasteiger partial charge in [-0.05, 0) is 62.1 Å². The lowest BCUT2D eigenvalue weighted by Crippen LogP contribution is -2.35. The number of methoxy groups -OCH3 is 1. The monoisotopic (exact) mass is 428 g/mol. The van der Waals surface area contributed by atoms with E-state index in [9.17, 15) is 0 Å². The number of nitrogens with one attached hydrogen (secondary N) is 1. The number of fused-ring (bicyclic) bond motifs is 6. The van der Waals surface area contributed by atoms with Crippen molar-refractivity contribution >= 4 is 10.9 Å². The molecule has 3 atom stereocenters. The van der Waals surface area contributed by atoms with Gasteiger partial charge in [-0.15, -0.1) is 0 Å². The average Bonchev–Trinajstić information content (AvgIpc) is 3.49. The Hall–Kier alpha value is -2.63. The van der Waals surface area contributed by atoms with Crippen LogP contribution in [0.1, 0.15) is 31.2 Å². The molecule has 2 aliphatic heterocycles. The molecule has 1 N–H and O–H groups in total. The van der Waals surface area contributed by atoms with E-state index in [1.54, 1.807) is 0 Å². The van der Waals surface area contributed by atoms with Crippen LogP contribution in [-0.2, 0) is 11.3 Å². The van der Waals surface area contributed by atoms with E-state index < -0.39 is 0 Å². The molecule has 1 saturated carbocycles. The van der Waals surface area contributed by atoms with Gasteiger partial charge in [0, 0.05) is 56.0 Å². The van der Waals surface area contributed by atoms with E-state index in [1.807, 2.05) is 19.4 Å². The Balaban J connectivity index is 1.22. The maximum Gasteiger partial charge on any atom is 0.0810 e. The largest absolute Gasteiger partial charge is 0.382 e. The van der Waals surface area contributed by atoms with Gasteiger partial charge < -0.3 is 15.0 Å². The van der Waals surface area contributed by atoms with E-state index in [-0.39, 0.29) is 6.10 Å². The number of hydrogen-bond donors (Lipinski definition) is 1. The molecule has 4 aliphatic rings. The zero-order valence-corrected chi connectivity index (χ0v) is 18.8. The van der Waals surface area contributed by atoms with Crippen molar-refractivity contribution in [2.75, 3.05) is 26.7 Å². The number of aromatic nitrogens is 1. The first kappa shape index (κ1) is 20.0. The summed E-state index contributed by atoms with van der Waals surface area (Å²) in [6.45, 7) is 4.06. The van der Waals surface area contributed by atoms with Crippen LogP contribution >= 0.6 is 0 Å². The quantitative estimate of drug-likeness (QED) is 0.794. The molecule has 0 bridgehead atoms. The van der Waals surface area contributed by atoms with Gasteiger partial charge in [-0.2, -0.15) is 0 Å². The highest BCUT2D eigenvalue weighted by molar-refractivity contribution is 5.78. The van der Waals surface area contributed by atoms with Gasteiger partial charge in [-0.25, -0.2) is 0 Å². The molecule has 32 heavy (non-hydrogen) atoms. The first-order valence-electron chi connectivity index (χ1n) is 12.0. The third-order valence-electron chi connectivity index (χ3n) is 7.31. The summed E-state index contributed by atoms with van der Waals surface area (Å²) in [5, 5.41) is 4.99. The Morgan fingerprint density at radius 3 is 3.09 bits per heavy atom. The Labute approximate surface area is 190 Å². The van der Waals surface area contributed by atoms with Gasteiger partial charge in [-0.1, -0.05) is 24.3 Å². The van der Waals surface area contributed by atoms with Gasteiger partial charge in [0.2, 0.25) is 0 Å². The van der Waals surface area contributed by atoms with Crippen molar-refractivity contribution in [1.29, 1.82) is 0 Å². The molecule has 0 radical (unpaired) electrons. The van der Waals surface area contributed by atoms with Crippen molar-refractivity contribution in [1.82, 2.24) is 20.1 Å². The molecule has 1 aromatic heterocycles. The van der Waals surface area contributed by atoms with E-state index in [4.69, 9.17) is 4.74 Å². The molecular formula is C27H32N4O. The van der Waals surface area contributed by atoms with Crippen LogP contribution in [0.5, 0.6) is 0 Å². The number of pyridine rings is 1. The Kier molecular flexibility index (Phi) is 5.24. The smallest absolute Gasteiger partial charge is 0.0810 e. The van der Waals surface area contributed by atoms with Crippen LogP contribution in [0.15, 0.2) is 71.8 Å². The van der Waals surface area contributed by atoms with Crippen LogP contribution in [0, 0.1) is 5.92 Å². The molecule has 1 aromatic carbocycles. The number of nitrogens with zero attached hydrogens (tertiary/aromatic N) is 3. The van der Waals surface area contributed by atoms with E-state index in [0.717, 1.165) is 50.5 Å². The molecule has 2 aliphatic carbocycles. The Morgan fingerprint density at radius 2 is 2.16 bits per heavy atom. The lowest BCUT2D eigenvalue weighted by atomic mass is 10.0. The first-order chi connectivity index (χ1) is 15.8. The zero-order chi connectivity index (χ0) is 21.5. The van der Waals surface area contributed by atoms with Gasteiger partial charge in [0.15, 0.2) is 0 Å². The normalized spacial score (nSPS) is 27.8. The van der Waals surface area contributed by atoms with Crippen LogP contribution in [0.25, 0.3) is 10.9 Å². The predicted octanol–water partition coefficient (Wildman–Crippen LogP) is 4.19. The Morgan fingerprint density at radius 1 is 1.19 bits per heavy atom. The summed E-state index contributed by atoms with van der Waals surface area (Å²) >= 11 is 0. The maximum atomic E-state index is 5.67. The lowest BCUT2D eigenvalue weighted by molar-refractivity contribution is 0.140. The number of hydrogen-bond acceptors (Lipinski definition) is 5. The third kappa shape index (κ3) is 3.84. The number of allylic oxidation sites excluding steroid dienone is 1. The van der Waals surface area contributed by atoms with Gasteiger partial charge in [0.25, 0.3) is 0 Å². The van der Waals surface area contributed by atoms with Crippen LogP contribution in [0.3, 0.4) is 0 Å². The van der Waals surface area contributed by atoms with Crippen LogP contribution in [0.4, 0.5) is 0 Å². The van der Waals surface area contributed by atoms with Gasteiger partial charge in [-0.3, -0.25) is 9.88 Å². The van der Waals surface area contributed by atoms with E-state index in [0.29, 0.717) is 6.04 Å². The van der Waals surface area contributed by atoms with Crippen molar-refractivity contribution in [3.05, 3.63) is 77.4 Å². The fourth-order valence-electron chi connectivity index (χ4n) is 5.56. The Bertz CT molecular complexity index is 1100. The van der Waals surface area contributed by atoms with Gasteiger partial charge in [0.05, 0.1) is 23.0 Å². The van der Waals surface area contributed by atoms with Crippen molar-refractivity contribution in [2.45, 2.75) is 44.4 Å². The summed E-state index contributed by atoms with van der Waals surface area (Å²) in [6.07, 6.45) is 13.9. The summed E-state index contributed by atoms with van der Waals surface area (Å²) in [5.41, 5.74) is 6.59. The van der Waals surface area contributed by atoms with E-state index in [2.05, 4.69) is 62.6 Å². The van der Waals surface area contributed by atoms with Crippen LogP contribution in [0.2, 0.25) is 0 Å². The van der Waals surface area contributed by atoms with Gasteiger partial charge >= 0.3 is 0 Å². The summed E-state index contributed by atoms with van der Waals surface area (Å²) in [6, 6.07) is 11.5. The number of benzene rings is 1. The second-order valence-electron chi connectivity index (χ2n) is 9.51. The molecular weight excluding hydrogens is 396 g/mol. The van der Waals surface area contributed by atoms with Crippen molar-refractivity contribution in [3.63, 3.8) is 0 Å². The number of rotatable bonds is 3. The summed E-state index contributed by atoms with van der Waals surface area (Å²) in [5.74, 6) is 0.762. The van der Waals surface area contributed by atoms with E-state index >= 15 is 0 Å². The standard InChI is InChI=1S/C27H32N4O/c1-32-23-7-9-26-25(17-23)29-11-13-30(12-3-5-22-15-21-16-27(21)31(22)26)18-19-6-8-24-20(14-19)4-2-10-28-24/h2,4,6,8-10,14-15,17,21,23,27,29H,3,5,7,11-13,16,18H2,1H3. The van der Waals surface area contributed by atoms with Crippen molar-refractivity contribution in [2.24, 2.45) is 5.92 Å². The highest BCUT2D eigenvalue weighted by Crippen LogP contribution is 2.50. The molecule has 2 aromatic rings. The third-order valence-corrected chi connectivity index (χ3v) is 7.31. The van der Waals surface area contributed by atoms with Gasteiger partial charge in [0.1, 0.15) is 0 Å². The minimum absolute atomic E-state index is 0.165. The minimum atomic E-state index is 0.165.